The molecule has 1 unspecified atom stereocenters. The van der Waals surface area contributed by atoms with Crippen molar-refractivity contribution in [1.82, 2.24) is 0 Å². The molecule has 2 rings (SSSR count). The highest BCUT2D eigenvalue weighted by molar-refractivity contribution is 9.10. The average molecular weight is 350 g/mol. The molecule has 0 amide bonds. The van der Waals surface area contributed by atoms with E-state index in [1.54, 1.807) is 6.07 Å². The van der Waals surface area contributed by atoms with Crippen molar-refractivity contribution in [2.75, 3.05) is 0 Å². The topological polar surface area (TPSA) is 0 Å². The molecule has 0 aromatic heterocycles. The third-order valence-corrected chi connectivity index (χ3v) is 3.63. The Morgan fingerprint density at radius 1 is 1.00 bits per heavy atom. The van der Waals surface area contributed by atoms with Gasteiger partial charge in [0.15, 0.2) is 0 Å². The Bertz CT molecular complexity index is 581. The summed E-state index contributed by atoms with van der Waals surface area (Å²) >= 11 is 9.19. The normalized spacial score (nSPS) is 12.5. The summed E-state index contributed by atoms with van der Waals surface area (Å²) in [4.78, 5) is 0. The molecular formula is C14H9BrClF3. The predicted octanol–water partition coefficient (Wildman–Crippen LogP) is 5.39. The lowest BCUT2D eigenvalue weighted by Crippen LogP contribution is -2.03. The lowest BCUT2D eigenvalue weighted by Gasteiger charge is -2.12. The molecule has 2 aromatic carbocycles. The Balaban J connectivity index is 2.28. The van der Waals surface area contributed by atoms with E-state index in [1.165, 1.54) is 18.2 Å². The minimum absolute atomic E-state index is 0.112. The zero-order valence-electron chi connectivity index (χ0n) is 9.64. The van der Waals surface area contributed by atoms with Gasteiger partial charge in [-0.05, 0) is 30.7 Å². The van der Waals surface area contributed by atoms with Gasteiger partial charge in [-0.1, -0.05) is 28.1 Å². The predicted molar refractivity (Wildman–Crippen MR) is 72.8 cm³/mol. The monoisotopic (exact) mass is 348 g/mol. The van der Waals surface area contributed by atoms with Crippen LogP contribution in [0.4, 0.5) is 13.2 Å². The van der Waals surface area contributed by atoms with Gasteiger partial charge >= 0.3 is 0 Å². The van der Waals surface area contributed by atoms with E-state index in [0.717, 1.165) is 12.1 Å². The first-order valence-corrected chi connectivity index (χ1v) is 6.74. The van der Waals surface area contributed by atoms with Gasteiger partial charge in [0.25, 0.3) is 0 Å². The van der Waals surface area contributed by atoms with Crippen LogP contribution in [-0.4, -0.2) is 0 Å². The SMILES string of the molecule is Fc1cc(Br)ccc1C(Cl)Cc1c(F)cccc1F. The van der Waals surface area contributed by atoms with Crippen LogP contribution in [0.3, 0.4) is 0 Å². The minimum Gasteiger partial charge on any atom is -0.207 e. The summed E-state index contributed by atoms with van der Waals surface area (Å²) in [5.41, 5.74) is 0.0809. The fourth-order valence-corrected chi connectivity index (χ4v) is 2.44. The fourth-order valence-electron chi connectivity index (χ4n) is 1.77. The van der Waals surface area contributed by atoms with E-state index in [2.05, 4.69) is 15.9 Å². The van der Waals surface area contributed by atoms with E-state index in [1.807, 2.05) is 0 Å². The molecular weight excluding hydrogens is 341 g/mol. The van der Waals surface area contributed by atoms with Crippen LogP contribution in [0.5, 0.6) is 0 Å². The van der Waals surface area contributed by atoms with Crippen molar-refractivity contribution >= 4 is 27.5 Å². The fraction of sp³-hybridized carbons (Fsp3) is 0.143. The van der Waals surface area contributed by atoms with Crippen molar-refractivity contribution in [3.05, 3.63) is 69.4 Å². The van der Waals surface area contributed by atoms with E-state index < -0.39 is 22.8 Å². The molecule has 1 atom stereocenters. The van der Waals surface area contributed by atoms with Gasteiger partial charge < -0.3 is 0 Å². The van der Waals surface area contributed by atoms with E-state index in [9.17, 15) is 13.2 Å². The first-order valence-electron chi connectivity index (χ1n) is 5.51. The van der Waals surface area contributed by atoms with Gasteiger partial charge in [0.05, 0.1) is 5.38 Å². The van der Waals surface area contributed by atoms with Crippen LogP contribution < -0.4 is 0 Å². The highest BCUT2D eigenvalue weighted by Crippen LogP contribution is 2.30. The highest BCUT2D eigenvalue weighted by atomic mass is 79.9. The van der Waals surface area contributed by atoms with Crippen LogP contribution in [-0.2, 0) is 6.42 Å². The number of halogens is 5. The van der Waals surface area contributed by atoms with Crippen molar-refractivity contribution in [3.63, 3.8) is 0 Å². The second-order valence-electron chi connectivity index (χ2n) is 4.04. The molecule has 0 saturated carbocycles. The average Bonchev–Trinajstić information content (AvgIpc) is 2.33. The maximum atomic E-state index is 13.7. The minimum atomic E-state index is -0.834. The Hall–Kier alpha value is -1.00. The summed E-state index contributed by atoms with van der Waals surface area (Å²) in [6.45, 7) is 0. The number of alkyl halides is 1. The molecule has 0 fully saturated rings. The molecule has 2 aromatic rings. The van der Waals surface area contributed by atoms with Gasteiger partial charge in [0.2, 0.25) is 0 Å². The Morgan fingerprint density at radius 3 is 2.21 bits per heavy atom. The van der Waals surface area contributed by atoms with E-state index >= 15 is 0 Å². The second-order valence-corrected chi connectivity index (χ2v) is 5.48. The zero-order valence-corrected chi connectivity index (χ0v) is 12.0. The maximum Gasteiger partial charge on any atom is 0.129 e. The molecule has 0 aliphatic carbocycles. The molecule has 0 heterocycles. The standard InChI is InChI=1S/C14H9BrClF3/c15-8-4-5-9(14(19)6-8)11(16)7-10-12(17)2-1-3-13(10)18/h1-6,11H,7H2. The van der Waals surface area contributed by atoms with Crippen LogP contribution in [0.15, 0.2) is 40.9 Å². The van der Waals surface area contributed by atoms with Crippen molar-refractivity contribution in [2.24, 2.45) is 0 Å². The summed E-state index contributed by atoms with van der Waals surface area (Å²) < 4.78 is 41.3. The van der Waals surface area contributed by atoms with E-state index in [4.69, 9.17) is 11.6 Å². The molecule has 0 radical (unpaired) electrons. The Labute approximate surface area is 122 Å². The molecule has 0 bridgehead atoms. The Kier molecular flexibility index (Phi) is 4.53. The molecule has 0 N–H and O–H groups in total. The molecule has 0 aliphatic heterocycles. The van der Waals surface area contributed by atoms with Gasteiger partial charge in [-0.3, -0.25) is 0 Å². The van der Waals surface area contributed by atoms with Crippen LogP contribution in [0.25, 0.3) is 0 Å². The van der Waals surface area contributed by atoms with Gasteiger partial charge in [-0.15, -0.1) is 11.6 Å². The second kappa shape index (κ2) is 5.97. The number of benzene rings is 2. The lowest BCUT2D eigenvalue weighted by molar-refractivity contribution is 0.548. The van der Waals surface area contributed by atoms with Crippen molar-refractivity contribution in [1.29, 1.82) is 0 Å². The first kappa shape index (κ1) is 14.4. The van der Waals surface area contributed by atoms with Gasteiger partial charge in [0.1, 0.15) is 17.5 Å². The summed E-state index contributed by atoms with van der Waals surface area (Å²) in [7, 11) is 0. The number of rotatable bonds is 3. The number of hydrogen-bond donors (Lipinski definition) is 0. The number of hydrogen-bond acceptors (Lipinski definition) is 0. The van der Waals surface area contributed by atoms with Crippen molar-refractivity contribution in [2.45, 2.75) is 11.8 Å². The summed E-state index contributed by atoms with van der Waals surface area (Å²) in [6, 6.07) is 7.97. The van der Waals surface area contributed by atoms with Gasteiger partial charge in [-0.2, -0.15) is 0 Å². The summed E-state index contributed by atoms with van der Waals surface area (Å²) in [5.74, 6) is -1.86. The molecule has 0 spiro atoms. The first-order chi connectivity index (χ1) is 8.99. The quantitative estimate of drug-likeness (QED) is 0.652. The Morgan fingerprint density at radius 2 is 1.63 bits per heavy atom. The van der Waals surface area contributed by atoms with Crippen LogP contribution in [0.2, 0.25) is 0 Å². The molecule has 0 aliphatic rings. The van der Waals surface area contributed by atoms with Crippen LogP contribution in [0.1, 0.15) is 16.5 Å². The largest absolute Gasteiger partial charge is 0.207 e. The molecule has 0 nitrogen and oxygen atoms in total. The van der Waals surface area contributed by atoms with Crippen molar-refractivity contribution in [3.8, 4) is 0 Å². The van der Waals surface area contributed by atoms with Crippen LogP contribution >= 0.6 is 27.5 Å². The third kappa shape index (κ3) is 3.31. The lowest BCUT2D eigenvalue weighted by atomic mass is 10.0. The molecule has 0 saturated heterocycles. The van der Waals surface area contributed by atoms with Gasteiger partial charge in [0, 0.05) is 15.6 Å². The van der Waals surface area contributed by atoms with Crippen LogP contribution in [0, 0.1) is 17.5 Å². The van der Waals surface area contributed by atoms with E-state index in [0.29, 0.717) is 4.47 Å². The van der Waals surface area contributed by atoms with Gasteiger partial charge in [-0.25, -0.2) is 13.2 Å². The van der Waals surface area contributed by atoms with Crippen molar-refractivity contribution < 1.29 is 13.2 Å². The summed E-state index contributed by atoms with van der Waals surface area (Å²) in [5, 5.41) is -0.834. The molecule has 100 valence electrons. The smallest absolute Gasteiger partial charge is 0.129 e. The molecule has 19 heavy (non-hydrogen) atoms. The summed E-state index contributed by atoms with van der Waals surface area (Å²) in [6.07, 6.45) is -0.112. The third-order valence-electron chi connectivity index (χ3n) is 2.74. The maximum absolute atomic E-state index is 13.7. The van der Waals surface area contributed by atoms with E-state index in [-0.39, 0.29) is 17.5 Å². The highest BCUT2D eigenvalue weighted by Gasteiger charge is 2.18. The molecule has 5 heteroatoms. The zero-order chi connectivity index (χ0) is 14.0.